The molecule has 0 spiro atoms. The van der Waals surface area contributed by atoms with E-state index in [2.05, 4.69) is 16.4 Å². The van der Waals surface area contributed by atoms with E-state index in [9.17, 15) is 4.79 Å². The minimum Gasteiger partial charge on any atom is -0.457 e. The Hall–Kier alpha value is -3.76. The van der Waals surface area contributed by atoms with Gasteiger partial charge in [-0.3, -0.25) is 4.79 Å². The molecule has 0 unspecified atom stereocenters. The van der Waals surface area contributed by atoms with Gasteiger partial charge in [-0.2, -0.15) is 17.0 Å². The molecule has 1 amide bonds. The summed E-state index contributed by atoms with van der Waals surface area (Å²) in [5, 5.41) is 11.9. The van der Waals surface area contributed by atoms with Crippen LogP contribution in [0.25, 0.3) is 11.0 Å². The lowest BCUT2D eigenvalue weighted by molar-refractivity contribution is -0.116. The standard InChI is InChI=1S/C24H20N4O2S/c1-31-16-23-27-21-7-2-3-8-22(21)28(23)15-24(29)26-18-9-11-19(12-10-18)30-20-6-4-5-17(13-20)14-25/h2-13H,15-16H2,1H3,(H,26,29). The fraction of sp³-hybridized carbons (Fsp3) is 0.125. The van der Waals surface area contributed by atoms with Gasteiger partial charge in [0.2, 0.25) is 5.91 Å². The number of nitriles is 1. The van der Waals surface area contributed by atoms with Crippen molar-refractivity contribution in [3.63, 3.8) is 0 Å². The van der Waals surface area contributed by atoms with Crippen LogP contribution < -0.4 is 10.1 Å². The summed E-state index contributed by atoms with van der Waals surface area (Å²) in [6, 6.07) is 24.0. The summed E-state index contributed by atoms with van der Waals surface area (Å²) < 4.78 is 7.74. The average molecular weight is 429 g/mol. The third kappa shape index (κ3) is 4.87. The van der Waals surface area contributed by atoms with Gasteiger partial charge in [-0.25, -0.2) is 4.98 Å². The molecular weight excluding hydrogens is 408 g/mol. The normalized spacial score (nSPS) is 10.6. The molecule has 1 aromatic heterocycles. The predicted octanol–water partition coefficient (Wildman–Crippen LogP) is 5.20. The summed E-state index contributed by atoms with van der Waals surface area (Å²) in [6.07, 6.45) is 2.02. The number of hydrogen-bond donors (Lipinski definition) is 1. The number of ether oxygens (including phenoxy) is 1. The van der Waals surface area contributed by atoms with E-state index in [0.717, 1.165) is 22.6 Å². The van der Waals surface area contributed by atoms with Crippen LogP contribution in [0.4, 0.5) is 5.69 Å². The number of hydrogen-bond acceptors (Lipinski definition) is 5. The Morgan fingerprint density at radius 2 is 1.90 bits per heavy atom. The van der Waals surface area contributed by atoms with Crippen LogP contribution >= 0.6 is 11.8 Å². The average Bonchev–Trinajstić information content (AvgIpc) is 3.12. The molecule has 4 aromatic rings. The number of nitrogens with one attached hydrogen (secondary N) is 1. The maximum absolute atomic E-state index is 12.7. The zero-order valence-corrected chi connectivity index (χ0v) is 17.7. The lowest BCUT2D eigenvalue weighted by Crippen LogP contribution is -2.20. The van der Waals surface area contributed by atoms with Crippen LogP contribution in [0.5, 0.6) is 11.5 Å². The van der Waals surface area contributed by atoms with Gasteiger partial charge in [0.15, 0.2) is 0 Å². The number of benzene rings is 3. The highest BCUT2D eigenvalue weighted by Crippen LogP contribution is 2.24. The zero-order chi connectivity index (χ0) is 21.6. The van der Waals surface area contributed by atoms with Gasteiger partial charge < -0.3 is 14.6 Å². The van der Waals surface area contributed by atoms with Crippen LogP contribution in [0.15, 0.2) is 72.8 Å². The van der Waals surface area contributed by atoms with Crippen LogP contribution in [0, 0.1) is 11.3 Å². The number of carbonyl (C=O) groups is 1. The van der Waals surface area contributed by atoms with Gasteiger partial charge in [-0.15, -0.1) is 0 Å². The van der Waals surface area contributed by atoms with Crippen molar-refractivity contribution >= 4 is 34.4 Å². The number of carbonyl (C=O) groups excluding carboxylic acids is 1. The van der Waals surface area contributed by atoms with Crippen LogP contribution in [0.3, 0.4) is 0 Å². The number of amides is 1. The molecule has 6 nitrogen and oxygen atoms in total. The van der Waals surface area contributed by atoms with E-state index in [0.29, 0.717) is 22.7 Å². The Labute approximate surface area is 184 Å². The van der Waals surface area contributed by atoms with Gasteiger partial charge in [0.05, 0.1) is 28.4 Å². The number of para-hydroxylation sites is 2. The topological polar surface area (TPSA) is 79.9 Å². The van der Waals surface area contributed by atoms with Gasteiger partial charge in [0, 0.05) is 5.69 Å². The summed E-state index contributed by atoms with van der Waals surface area (Å²) in [5.74, 6) is 2.70. The van der Waals surface area contributed by atoms with Crippen LogP contribution in [-0.4, -0.2) is 21.7 Å². The van der Waals surface area contributed by atoms with Crippen molar-refractivity contribution in [3.05, 3.63) is 84.2 Å². The molecule has 0 saturated heterocycles. The third-order valence-electron chi connectivity index (χ3n) is 4.65. The Kier molecular flexibility index (Phi) is 6.20. The maximum atomic E-state index is 12.7. The van der Waals surface area contributed by atoms with Gasteiger partial charge in [0.25, 0.3) is 0 Å². The van der Waals surface area contributed by atoms with Gasteiger partial charge in [-0.1, -0.05) is 18.2 Å². The molecule has 0 saturated carbocycles. The summed E-state index contributed by atoms with van der Waals surface area (Å²) in [7, 11) is 0. The number of imidazole rings is 1. The van der Waals surface area contributed by atoms with E-state index in [4.69, 9.17) is 10.00 Å². The quantitative estimate of drug-likeness (QED) is 0.437. The molecule has 1 heterocycles. The number of nitrogens with zero attached hydrogens (tertiary/aromatic N) is 3. The molecule has 31 heavy (non-hydrogen) atoms. The Morgan fingerprint density at radius 1 is 1.10 bits per heavy atom. The second-order valence-electron chi connectivity index (χ2n) is 6.85. The van der Waals surface area contributed by atoms with Gasteiger partial charge in [0.1, 0.15) is 23.9 Å². The summed E-state index contributed by atoms with van der Waals surface area (Å²) >= 11 is 1.67. The summed E-state index contributed by atoms with van der Waals surface area (Å²) in [6.45, 7) is 0.190. The van der Waals surface area contributed by atoms with E-state index in [1.807, 2.05) is 35.1 Å². The molecule has 1 N–H and O–H groups in total. The van der Waals surface area contributed by atoms with E-state index in [-0.39, 0.29) is 12.5 Å². The van der Waals surface area contributed by atoms with E-state index >= 15 is 0 Å². The summed E-state index contributed by atoms with van der Waals surface area (Å²) in [4.78, 5) is 17.3. The molecule has 0 radical (unpaired) electrons. The lowest BCUT2D eigenvalue weighted by atomic mass is 10.2. The molecule has 7 heteroatoms. The monoisotopic (exact) mass is 428 g/mol. The fourth-order valence-electron chi connectivity index (χ4n) is 3.26. The highest BCUT2D eigenvalue weighted by atomic mass is 32.2. The first-order valence-corrected chi connectivity index (χ1v) is 11.1. The van der Waals surface area contributed by atoms with E-state index < -0.39 is 0 Å². The van der Waals surface area contributed by atoms with Crippen molar-refractivity contribution in [2.24, 2.45) is 0 Å². The summed E-state index contributed by atoms with van der Waals surface area (Å²) in [5.41, 5.74) is 3.06. The first-order valence-electron chi connectivity index (χ1n) is 9.67. The van der Waals surface area contributed by atoms with E-state index in [1.54, 1.807) is 60.3 Å². The molecule has 154 valence electrons. The fourth-order valence-corrected chi connectivity index (χ4v) is 3.74. The molecule has 0 aliphatic carbocycles. The minimum atomic E-state index is -0.124. The molecule has 0 atom stereocenters. The van der Waals surface area contributed by atoms with Crippen LogP contribution in [-0.2, 0) is 17.1 Å². The first kappa shape index (κ1) is 20.5. The second kappa shape index (κ2) is 9.37. The first-order chi connectivity index (χ1) is 15.2. The third-order valence-corrected chi connectivity index (χ3v) is 5.19. The van der Waals surface area contributed by atoms with Gasteiger partial charge in [-0.05, 0) is 60.9 Å². The molecule has 0 aliphatic rings. The lowest BCUT2D eigenvalue weighted by Gasteiger charge is -2.11. The number of anilines is 1. The molecule has 0 bridgehead atoms. The van der Waals surface area contributed by atoms with E-state index in [1.165, 1.54) is 0 Å². The van der Waals surface area contributed by atoms with Crippen molar-refractivity contribution < 1.29 is 9.53 Å². The number of rotatable bonds is 7. The molecule has 4 rings (SSSR count). The smallest absolute Gasteiger partial charge is 0.244 e. The Morgan fingerprint density at radius 3 is 2.68 bits per heavy atom. The number of fused-ring (bicyclic) bond motifs is 1. The van der Waals surface area contributed by atoms with Gasteiger partial charge >= 0.3 is 0 Å². The zero-order valence-electron chi connectivity index (χ0n) is 16.9. The highest BCUT2D eigenvalue weighted by Gasteiger charge is 2.13. The largest absolute Gasteiger partial charge is 0.457 e. The van der Waals surface area contributed by atoms with Crippen molar-refractivity contribution in [1.29, 1.82) is 5.26 Å². The van der Waals surface area contributed by atoms with Crippen molar-refractivity contribution in [2.75, 3.05) is 11.6 Å². The SMILES string of the molecule is CSCc1nc2ccccc2n1CC(=O)Nc1ccc(Oc2cccc(C#N)c2)cc1. The van der Waals surface area contributed by atoms with Crippen LogP contribution in [0.1, 0.15) is 11.4 Å². The van der Waals surface area contributed by atoms with Crippen molar-refractivity contribution in [1.82, 2.24) is 9.55 Å². The second-order valence-corrected chi connectivity index (χ2v) is 7.72. The number of thioether (sulfide) groups is 1. The van der Waals surface area contributed by atoms with Crippen molar-refractivity contribution in [3.8, 4) is 17.6 Å². The Bertz CT molecular complexity index is 1260. The molecular formula is C24H20N4O2S. The van der Waals surface area contributed by atoms with Crippen molar-refractivity contribution in [2.45, 2.75) is 12.3 Å². The molecule has 3 aromatic carbocycles. The Balaban J connectivity index is 1.44. The molecule has 0 fully saturated rings. The minimum absolute atomic E-state index is 0.124. The predicted molar refractivity (Wildman–Crippen MR) is 123 cm³/mol. The highest BCUT2D eigenvalue weighted by molar-refractivity contribution is 7.97. The molecule has 0 aliphatic heterocycles. The number of aromatic nitrogens is 2. The maximum Gasteiger partial charge on any atom is 0.244 e. The van der Waals surface area contributed by atoms with Crippen LogP contribution in [0.2, 0.25) is 0 Å².